The molecule has 7 heteroatoms. The number of rotatable bonds is 3. The molecule has 3 aliphatic rings. The summed E-state index contributed by atoms with van der Waals surface area (Å²) in [5.41, 5.74) is 3.45. The van der Waals surface area contributed by atoms with Gasteiger partial charge >= 0.3 is 0 Å². The molecule has 144 valence electrons. The molecule has 1 N–H and O–H groups in total. The van der Waals surface area contributed by atoms with Crippen molar-refractivity contribution < 1.29 is 13.5 Å². The fourth-order valence-corrected chi connectivity index (χ4v) is 6.59. The lowest BCUT2D eigenvalue weighted by Gasteiger charge is -2.57. The molecule has 2 aromatic rings. The van der Waals surface area contributed by atoms with Crippen LogP contribution >= 0.6 is 0 Å². The van der Waals surface area contributed by atoms with Crippen LogP contribution in [0.4, 0.5) is 0 Å². The number of benzene rings is 1. The largest absolute Gasteiger partial charge is 0.392 e. The monoisotopic (exact) mass is 387 g/mol. The maximum atomic E-state index is 12.1. The Morgan fingerprint density at radius 1 is 1.26 bits per heavy atom. The third-order valence-electron chi connectivity index (χ3n) is 7.08. The SMILES string of the molecule is CCS(=O)(=O)N1CCC2(CC1)C[C@H](C1c3ccccc3-c3cncn31)[C@H]2O. The molecule has 0 amide bonds. The van der Waals surface area contributed by atoms with Gasteiger partial charge in [0, 0.05) is 24.6 Å². The van der Waals surface area contributed by atoms with Gasteiger partial charge in [-0.15, -0.1) is 0 Å². The number of aliphatic hydroxyl groups is 1. The van der Waals surface area contributed by atoms with Crippen molar-refractivity contribution in [2.45, 2.75) is 38.3 Å². The lowest BCUT2D eigenvalue weighted by Crippen LogP contribution is -2.59. The van der Waals surface area contributed by atoms with Crippen molar-refractivity contribution >= 4 is 10.0 Å². The summed E-state index contributed by atoms with van der Waals surface area (Å²) in [6, 6.07) is 8.50. The molecule has 2 fully saturated rings. The molecular formula is C20H25N3O3S. The first-order valence-corrected chi connectivity index (χ1v) is 11.3. The van der Waals surface area contributed by atoms with Crippen LogP contribution in [0.5, 0.6) is 0 Å². The van der Waals surface area contributed by atoms with Gasteiger partial charge in [0.1, 0.15) is 0 Å². The van der Waals surface area contributed by atoms with Gasteiger partial charge in [-0.3, -0.25) is 0 Å². The molecule has 2 aliphatic heterocycles. The van der Waals surface area contributed by atoms with Crippen LogP contribution in [0.2, 0.25) is 0 Å². The second-order valence-corrected chi connectivity index (χ2v) is 10.5. The Labute approximate surface area is 159 Å². The van der Waals surface area contributed by atoms with E-state index in [1.165, 1.54) is 11.1 Å². The lowest BCUT2D eigenvalue weighted by molar-refractivity contribution is -0.152. The van der Waals surface area contributed by atoms with E-state index in [1.807, 2.05) is 18.6 Å². The molecule has 1 unspecified atom stereocenters. The number of aliphatic hydroxyl groups excluding tert-OH is 1. The summed E-state index contributed by atoms with van der Waals surface area (Å²) in [6.07, 6.45) is 5.78. The van der Waals surface area contributed by atoms with Crippen molar-refractivity contribution in [2.24, 2.45) is 11.3 Å². The van der Waals surface area contributed by atoms with Gasteiger partial charge in [-0.25, -0.2) is 17.7 Å². The zero-order valence-electron chi connectivity index (χ0n) is 15.5. The van der Waals surface area contributed by atoms with Crippen molar-refractivity contribution in [3.63, 3.8) is 0 Å². The van der Waals surface area contributed by atoms with Crippen LogP contribution < -0.4 is 0 Å². The highest BCUT2D eigenvalue weighted by Crippen LogP contribution is 2.59. The van der Waals surface area contributed by atoms with Crippen LogP contribution in [0.1, 0.15) is 37.8 Å². The van der Waals surface area contributed by atoms with Gasteiger partial charge in [0.15, 0.2) is 0 Å². The summed E-state index contributed by atoms with van der Waals surface area (Å²) < 4.78 is 28.0. The molecule has 3 heterocycles. The third kappa shape index (κ3) is 2.38. The van der Waals surface area contributed by atoms with E-state index in [4.69, 9.17) is 0 Å². The molecule has 1 aromatic carbocycles. The van der Waals surface area contributed by atoms with Gasteiger partial charge in [0.2, 0.25) is 10.0 Å². The summed E-state index contributed by atoms with van der Waals surface area (Å²) >= 11 is 0. The first-order valence-electron chi connectivity index (χ1n) is 9.74. The van der Waals surface area contributed by atoms with Crippen molar-refractivity contribution in [1.29, 1.82) is 0 Å². The van der Waals surface area contributed by atoms with Crippen molar-refractivity contribution in [2.75, 3.05) is 18.8 Å². The summed E-state index contributed by atoms with van der Waals surface area (Å²) in [6.45, 7) is 2.74. The Hall–Kier alpha value is -1.70. The minimum Gasteiger partial charge on any atom is -0.392 e. The maximum absolute atomic E-state index is 12.1. The molecule has 1 saturated carbocycles. The minimum atomic E-state index is -3.14. The smallest absolute Gasteiger partial charge is 0.213 e. The average Bonchev–Trinajstić information content (AvgIpc) is 3.27. The Bertz CT molecular complexity index is 976. The fourth-order valence-electron chi connectivity index (χ4n) is 5.48. The van der Waals surface area contributed by atoms with Crippen LogP contribution in [0.15, 0.2) is 36.8 Å². The van der Waals surface area contributed by atoms with Crippen molar-refractivity contribution in [3.8, 4) is 11.3 Å². The lowest BCUT2D eigenvalue weighted by atomic mass is 9.53. The molecule has 27 heavy (non-hydrogen) atoms. The first-order chi connectivity index (χ1) is 13.0. The zero-order valence-corrected chi connectivity index (χ0v) is 16.3. The van der Waals surface area contributed by atoms with E-state index in [1.54, 1.807) is 11.2 Å². The molecule has 3 atom stereocenters. The number of aromatic nitrogens is 2. The molecule has 6 nitrogen and oxygen atoms in total. The van der Waals surface area contributed by atoms with Gasteiger partial charge in [-0.2, -0.15) is 0 Å². The van der Waals surface area contributed by atoms with Gasteiger partial charge < -0.3 is 9.67 Å². The first kappa shape index (κ1) is 17.4. The van der Waals surface area contributed by atoms with Crippen LogP contribution in [0.25, 0.3) is 11.3 Å². The van der Waals surface area contributed by atoms with E-state index in [2.05, 4.69) is 27.8 Å². The summed E-state index contributed by atoms with van der Waals surface area (Å²) in [7, 11) is -3.14. The summed E-state index contributed by atoms with van der Waals surface area (Å²) in [5.74, 6) is 0.295. The number of imidazole rings is 1. The standard InChI is InChI=1S/C20H25N3O3S/c1-2-27(25,26)22-9-7-20(8-10-22)11-16(19(20)24)18-15-6-4-3-5-14(15)17-12-21-13-23(17)18/h3-6,12-13,16,18-19,24H,2,7-11H2,1H3/t16-,18?,19-/m1/s1. The highest BCUT2D eigenvalue weighted by Gasteiger charge is 2.58. The van der Waals surface area contributed by atoms with Crippen LogP contribution in [0, 0.1) is 11.3 Å². The van der Waals surface area contributed by atoms with E-state index in [0.29, 0.717) is 13.1 Å². The van der Waals surface area contributed by atoms with E-state index in [0.717, 1.165) is 25.0 Å². The van der Waals surface area contributed by atoms with E-state index in [9.17, 15) is 13.5 Å². The van der Waals surface area contributed by atoms with Crippen LogP contribution in [0.3, 0.4) is 0 Å². The molecule has 5 rings (SSSR count). The Balaban J connectivity index is 1.37. The second kappa shape index (κ2) is 5.90. The molecule has 1 saturated heterocycles. The van der Waals surface area contributed by atoms with Crippen LogP contribution in [-0.4, -0.2) is 52.3 Å². The van der Waals surface area contributed by atoms with Gasteiger partial charge in [-0.05, 0) is 37.2 Å². The Morgan fingerprint density at radius 3 is 2.70 bits per heavy atom. The van der Waals surface area contributed by atoms with E-state index >= 15 is 0 Å². The molecular weight excluding hydrogens is 362 g/mol. The van der Waals surface area contributed by atoms with E-state index < -0.39 is 16.1 Å². The highest BCUT2D eigenvalue weighted by molar-refractivity contribution is 7.89. The highest BCUT2D eigenvalue weighted by atomic mass is 32.2. The molecule has 1 aliphatic carbocycles. The number of fused-ring (bicyclic) bond motifs is 3. The van der Waals surface area contributed by atoms with E-state index in [-0.39, 0.29) is 23.1 Å². The molecule has 0 radical (unpaired) electrons. The number of hydrogen-bond acceptors (Lipinski definition) is 4. The number of sulfonamides is 1. The molecule has 1 aromatic heterocycles. The predicted molar refractivity (Wildman–Crippen MR) is 103 cm³/mol. The maximum Gasteiger partial charge on any atom is 0.213 e. The number of nitrogens with zero attached hydrogens (tertiary/aromatic N) is 3. The van der Waals surface area contributed by atoms with Gasteiger partial charge in [-0.1, -0.05) is 24.3 Å². The van der Waals surface area contributed by atoms with Crippen molar-refractivity contribution in [1.82, 2.24) is 13.9 Å². The predicted octanol–water partition coefficient (Wildman–Crippen LogP) is 2.27. The normalized spacial score (nSPS) is 29.3. The fraction of sp³-hybridized carbons (Fsp3) is 0.550. The second-order valence-electron chi connectivity index (χ2n) is 8.19. The Kier molecular flexibility index (Phi) is 3.80. The summed E-state index contributed by atoms with van der Waals surface area (Å²) in [4.78, 5) is 4.32. The minimum absolute atomic E-state index is 0.122. The summed E-state index contributed by atoms with van der Waals surface area (Å²) in [5, 5.41) is 11.2. The molecule has 0 bridgehead atoms. The number of piperidine rings is 1. The van der Waals surface area contributed by atoms with Gasteiger partial charge in [0.05, 0.1) is 36.1 Å². The molecule has 1 spiro atoms. The average molecular weight is 388 g/mol. The zero-order chi connectivity index (χ0) is 18.8. The van der Waals surface area contributed by atoms with Gasteiger partial charge in [0.25, 0.3) is 0 Å². The van der Waals surface area contributed by atoms with Crippen molar-refractivity contribution in [3.05, 3.63) is 42.4 Å². The third-order valence-corrected chi connectivity index (χ3v) is 8.96. The quantitative estimate of drug-likeness (QED) is 0.877. The number of hydrogen-bond donors (Lipinski definition) is 1. The topological polar surface area (TPSA) is 75.4 Å². The Morgan fingerprint density at radius 2 is 2.00 bits per heavy atom. The van der Waals surface area contributed by atoms with Crippen LogP contribution in [-0.2, 0) is 10.0 Å².